The third kappa shape index (κ3) is 3.73. The molecule has 0 radical (unpaired) electrons. The minimum atomic E-state index is -0.253. The Labute approximate surface area is 109 Å². The van der Waals surface area contributed by atoms with Crippen LogP contribution in [-0.4, -0.2) is 16.0 Å². The topological polar surface area (TPSA) is 51.0 Å². The smallest absolute Gasteiger partial charge is 0.276 e. The van der Waals surface area contributed by atoms with Crippen molar-refractivity contribution in [2.24, 2.45) is 0 Å². The monoisotopic (exact) mass is 267 g/mol. The standard InChI is InChI=1S/C12H14FN3OS/c1-2-7-18-12-16-15-11(17-12)8-14-10-5-3-9(13)4-6-10/h3-6,14H,2,7-8H2,1H3. The lowest BCUT2D eigenvalue weighted by atomic mass is 10.3. The van der Waals surface area contributed by atoms with E-state index in [4.69, 9.17) is 4.42 Å². The lowest BCUT2D eigenvalue weighted by Crippen LogP contribution is -1.99. The van der Waals surface area contributed by atoms with Crippen molar-refractivity contribution in [3.05, 3.63) is 36.0 Å². The van der Waals surface area contributed by atoms with Gasteiger partial charge in [-0.2, -0.15) is 0 Å². The zero-order chi connectivity index (χ0) is 12.8. The van der Waals surface area contributed by atoms with E-state index in [1.54, 1.807) is 23.9 Å². The highest BCUT2D eigenvalue weighted by atomic mass is 32.2. The van der Waals surface area contributed by atoms with Gasteiger partial charge < -0.3 is 9.73 Å². The molecule has 2 aromatic rings. The summed E-state index contributed by atoms with van der Waals surface area (Å²) in [6, 6.07) is 6.13. The van der Waals surface area contributed by atoms with E-state index in [-0.39, 0.29) is 5.82 Å². The van der Waals surface area contributed by atoms with E-state index in [0.29, 0.717) is 17.7 Å². The molecule has 0 spiro atoms. The molecule has 18 heavy (non-hydrogen) atoms. The zero-order valence-corrected chi connectivity index (χ0v) is 10.8. The third-order valence-corrected chi connectivity index (χ3v) is 3.19. The van der Waals surface area contributed by atoms with Crippen LogP contribution in [0.5, 0.6) is 0 Å². The molecule has 0 atom stereocenters. The molecule has 1 aromatic carbocycles. The quantitative estimate of drug-likeness (QED) is 0.814. The number of aromatic nitrogens is 2. The van der Waals surface area contributed by atoms with Crippen LogP contribution in [0.25, 0.3) is 0 Å². The van der Waals surface area contributed by atoms with Gasteiger partial charge in [0.2, 0.25) is 5.89 Å². The lowest BCUT2D eigenvalue weighted by Gasteiger charge is -2.02. The number of halogens is 1. The molecule has 2 rings (SSSR count). The number of benzene rings is 1. The fraction of sp³-hybridized carbons (Fsp3) is 0.333. The Kier molecular flexibility index (Phi) is 4.58. The van der Waals surface area contributed by atoms with E-state index in [0.717, 1.165) is 17.9 Å². The zero-order valence-electron chi connectivity index (χ0n) is 10.0. The number of nitrogens with one attached hydrogen (secondary N) is 1. The Morgan fingerprint density at radius 2 is 2.06 bits per heavy atom. The van der Waals surface area contributed by atoms with Gasteiger partial charge >= 0.3 is 0 Å². The van der Waals surface area contributed by atoms with Gasteiger partial charge in [0.15, 0.2) is 0 Å². The second-order valence-corrected chi connectivity index (χ2v) is 4.72. The fourth-order valence-electron chi connectivity index (χ4n) is 1.30. The molecular weight excluding hydrogens is 253 g/mol. The van der Waals surface area contributed by atoms with Gasteiger partial charge in [-0.25, -0.2) is 4.39 Å². The molecule has 0 bridgehead atoms. The fourth-order valence-corrected chi connectivity index (χ4v) is 1.94. The predicted molar refractivity (Wildman–Crippen MR) is 69.0 cm³/mol. The first-order chi connectivity index (χ1) is 8.78. The molecule has 0 fully saturated rings. The Hall–Kier alpha value is -1.56. The van der Waals surface area contributed by atoms with Crippen LogP contribution in [0, 0.1) is 5.82 Å². The van der Waals surface area contributed by atoms with Gasteiger partial charge in [-0.1, -0.05) is 18.7 Å². The summed E-state index contributed by atoms with van der Waals surface area (Å²) in [6.45, 7) is 2.53. The van der Waals surface area contributed by atoms with Crippen LogP contribution < -0.4 is 5.32 Å². The molecule has 6 heteroatoms. The number of hydrogen-bond donors (Lipinski definition) is 1. The summed E-state index contributed by atoms with van der Waals surface area (Å²) < 4.78 is 18.1. The molecule has 0 saturated heterocycles. The number of hydrogen-bond acceptors (Lipinski definition) is 5. The van der Waals surface area contributed by atoms with Crippen LogP contribution in [0.4, 0.5) is 10.1 Å². The molecule has 96 valence electrons. The van der Waals surface area contributed by atoms with Crippen LogP contribution in [0.2, 0.25) is 0 Å². The van der Waals surface area contributed by atoms with Crippen molar-refractivity contribution < 1.29 is 8.81 Å². The van der Waals surface area contributed by atoms with Crippen LogP contribution >= 0.6 is 11.8 Å². The first-order valence-electron chi connectivity index (χ1n) is 5.72. The van der Waals surface area contributed by atoms with Crippen molar-refractivity contribution in [1.29, 1.82) is 0 Å². The summed E-state index contributed by atoms with van der Waals surface area (Å²) in [7, 11) is 0. The van der Waals surface area contributed by atoms with Gasteiger partial charge in [0.05, 0.1) is 6.54 Å². The SMILES string of the molecule is CCCSc1nnc(CNc2ccc(F)cc2)o1. The van der Waals surface area contributed by atoms with E-state index < -0.39 is 0 Å². The number of anilines is 1. The minimum Gasteiger partial charge on any atom is -0.414 e. The highest BCUT2D eigenvalue weighted by Gasteiger charge is 2.05. The van der Waals surface area contributed by atoms with Gasteiger partial charge in [0.25, 0.3) is 5.22 Å². The Morgan fingerprint density at radius 1 is 1.28 bits per heavy atom. The number of thioether (sulfide) groups is 1. The maximum absolute atomic E-state index is 12.7. The molecule has 4 nitrogen and oxygen atoms in total. The third-order valence-electron chi connectivity index (χ3n) is 2.17. The van der Waals surface area contributed by atoms with Crippen molar-refractivity contribution in [2.45, 2.75) is 25.1 Å². The molecule has 1 N–H and O–H groups in total. The van der Waals surface area contributed by atoms with E-state index in [2.05, 4.69) is 22.4 Å². The van der Waals surface area contributed by atoms with Crippen LogP contribution in [0.1, 0.15) is 19.2 Å². The van der Waals surface area contributed by atoms with Gasteiger partial charge in [-0.05, 0) is 30.7 Å². The van der Waals surface area contributed by atoms with Gasteiger partial charge in [-0.3, -0.25) is 0 Å². The van der Waals surface area contributed by atoms with E-state index >= 15 is 0 Å². The van der Waals surface area contributed by atoms with Gasteiger partial charge in [0.1, 0.15) is 5.82 Å². The molecule has 0 amide bonds. The van der Waals surface area contributed by atoms with E-state index in [1.807, 2.05) is 0 Å². The van der Waals surface area contributed by atoms with Crippen LogP contribution in [-0.2, 0) is 6.54 Å². The average Bonchev–Trinajstić information content (AvgIpc) is 2.84. The van der Waals surface area contributed by atoms with Crippen molar-refractivity contribution in [3.8, 4) is 0 Å². The Morgan fingerprint density at radius 3 is 2.78 bits per heavy atom. The first kappa shape index (κ1) is 12.9. The van der Waals surface area contributed by atoms with Gasteiger partial charge in [-0.15, -0.1) is 10.2 Å². The molecule has 0 unspecified atom stereocenters. The van der Waals surface area contributed by atoms with Crippen LogP contribution in [0.3, 0.4) is 0 Å². The Bertz CT molecular complexity index is 486. The second kappa shape index (κ2) is 6.39. The lowest BCUT2D eigenvalue weighted by molar-refractivity contribution is 0.418. The van der Waals surface area contributed by atoms with Crippen LogP contribution in [0.15, 0.2) is 33.9 Å². The molecule has 0 aliphatic heterocycles. The highest BCUT2D eigenvalue weighted by Crippen LogP contribution is 2.17. The molecule has 0 saturated carbocycles. The Balaban J connectivity index is 1.86. The molecular formula is C12H14FN3OS. The first-order valence-corrected chi connectivity index (χ1v) is 6.71. The predicted octanol–water partition coefficient (Wildman–Crippen LogP) is 3.32. The largest absolute Gasteiger partial charge is 0.414 e. The normalized spacial score (nSPS) is 10.6. The second-order valence-electron chi connectivity index (χ2n) is 3.67. The van der Waals surface area contributed by atoms with Crippen molar-refractivity contribution in [3.63, 3.8) is 0 Å². The summed E-state index contributed by atoms with van der Waals surface area (Å²) in [5.41, 5.74) is 0.817. The summed E-state index contributed by atoms with van der Waals surface area (Å²) in [5, 5.41) is 11.5. The average molecular weight is 267 g/mol. The van der Waals surface area contributed by atoms with Crippen molar-refractivity contribution >= 4 is 17.4 Å². The number of nitrogens with zero attached hydrogens (tertiary/aromatic N) is 2. The maximum Gasteiger partial charge on any atom is 0.276 e. The summed E-state index contributed by atoms with van der Waals surface area (Å²) in [6.07, 6.45) is 1.07. The maximum atomic E-state index is 12.7. The molecule has 0 aliphatic rings. The summed E-state index contributed by atoms with van der Waals surface area (Å²) in [5.74, 6) is 1.24. The van der Waals surface area contributed by atoms with E-state index in [9.17, 15) is 4.39 Å². The molecule has 1 aromatic heterocycles. The number of rotatable bonds is 6. The minimum absolute atomic E-state index is 0.253. The summed E-state index contributed by atoms with van der Waals surface area (Å²) in [4.78, 5) is 0. The van der Waals surface area contributed by atoms with E-state index in [1.165, 1.54) is 12.1 Å². The summed E-state index contributed by atoms with van der Waals surface area (Å²) >= 11 is 1.55. The molecule has 0 aliphatic carbocycles. The van der Waals surface area contributed by atoms with Crippen molar-refractivity contribution in [2.75, 3.05) is 11.1 Å². The van der Waals surface area contributed by atoms with Gasteiger partial charge in [0, 0.05) is 11.4 Å². The van der Waals surface area contributed by atoms with Crippen molar-refractivity contribution in [1.82, 2.24) is 10.2 Å². The highest BCUT2D eigenvalue weighted by molar-refractivity contribution is 7.99. The molecule has 1 heterocycles.